The minimum Gasteiger partial charge on any atom is -0.224 e. The van der Waals surface area contributed by atoms with Gasteiger partial charge in [0.15, 0.2) is 0 Å². The second kappa shape index (κ2) is 2.80. The summed E-state index contributed by atoms with van der Waals surface area (Å²) < 4.78 is 0.667. The standard InChI is InChI=1S/C3Cl2N3.Al.2H/c4-2-6-1-7-3(5)8-2;;;. The van der Waals surface area contributed by atoms with Crippen molar-refractivity contribution in [2.45, 2.75) is 0 Å². The minimum atomic E-state index is 0.167. The van der Waals surface area contributed by atoms with Gasteiger partial charge in [-0.05, 0) is 23.2 Å². The SMILES string of the molecule is [AlH2][c]1nc(Cl)nc(Cl)n1. The van der Waals surface area contributed by atoms with Crippen molar-refractivity contribution in [3.05, 3.63) is 10.6 Å². The Morgan fingerprint density at radius 1 is 1.00 bits per heavy atom. The molecule has 0 aliphatic rings. The highest BCUT2D eigenvalue weighted by Gasteiger charge is 1.95. The Labute approximate surface area is 69.9 Å². The predicted octanol–water partition coefficient (Wildman–Crippen LogP) is -0.563. The van der Waals surface area contributed by atoms with Gasteiger partial charge in [-0.1, -0.05) is 0 Å². The van der Waals surface area contributed by atoms with Crippen molar-refractivity contribution < 1.29 is 0 Å². The third-order valence-electron chi connectivity index (χ3n) is 0.693. The van der Waals surface area contributed by atoms with Crippen LogP contribution in [0.3, 0.4) is 0 Å². The molecule has 0 amide bonds. The van der Waals surface area contributed by atoms with Crippen LogP contribution in [0.2, 0.25) is 10.6 Å². The molecule has 1 rings (SSSR count). The fourth-order valence-electron chi connectivity index (χ4n) is 0.418. The van der Waals surface area contributed by atoms with Crippen LogP contribution in [0.4, 0.5) is 0 Å². The Bertz CT molecular complexity index is 178. The van der Waals surface area contributed by atoms with E-state index in [0.29, 0.717) is 4.69 Å². The highest BCUT2D eigenvalue weighted by molar-refractivity contribution is 6.34. The van der Waals surface area contributed by atoms with Gasteiger partial charge in [0.25, 0.3) is 0 Å². The lowest BCUT2D eigenvalue weighted by Gasteiger charge is -1.91. The number of aromatic nitrogens is 3. The van der Waals surface area contributed by atoms with Gasteiger partial charge in [-0.25, -0.2) is 9.97 Å². The van der Waals surface area contributed by atoms with Gasteiger partial charge in [0.05, 0.1) is 0 Å². The smallest absolute Gasteiger partial charge is 0.224 e. The summed E-state index contributed by atoms with van der Waals surface area (Å²) in [6, 6.07) is 0. The van der Waals surface area contributed by atoms with E-state index in [2.05, 4.69) is 15.0 Å². The summed E-state index contributed by atoms with van der Waals surface area (Å²) in [7, 11) is 0. The average Bonchev–Trinajstić information content (AvgIpc) is 1.59. The van der Waals surface area contributed by atoms with E-state index < -0.39 is 0 Å². The van der Waals surface area contributed by atoms with Crippen LogP contribution in [0.1, 0.15) is 0 Å². The lowest BCUT2D eigenvalue weighted by atomic mass is 11.1. The summed E-state index contributed by atoms with van der Waals surface area (Å²) in [6.07, 6.45) is 0. The van der Waals surface area contributed by atoms with Crippen LogP contribution in [0.5, 0.6) is 0 Å². The third kappa shape index (κ3) is 2.07. The second-order valence-corrected chi connectivity index (χ2v) is 2.99. The van der Waals surface area contributed by atoms with E-state index in [1.54, 1.807) is 0 Å². The third-order valence-corrected chi connectivity index (χ3v) is 1.48. The molecule has 0 spiro atoms. The number of hydrogen-bond acceptors (Lipinski definition) is 3. The molecule has 9 heavy (non-hydrogen) atoms. The molecule has 0 aliphatic heterocycles. The molecule has 46 valence electrons. The maximum absolute atomic E-state index is 5.43. The van der Waals surface area contributed by atoms with E-state index in [-0.39, 0.29) is 10.6 Å². The number of rotatable bonds is 0. The first-order chi connectivity index (χ1) is 4.18. The van der Waals surface area contributed by atoms with Crippen molar-refractivity contribution in [3.8, 4) is 0 Å². The molecule has 0 fully saturated rings. The van der Waals surface area contributed by atoms with Gasteiger partial charge < -0.3 is 0 Å². The topological polar surface area (TPSA) is 38.7 Å². The summed E-state index contributed by atoms with van der Waals surface area (Å²) >= 11 is 11.6. The van der Waals surface area contributed by atoms with Gasteiger partial charge in [-0.15, -0.1) is 0 Å². The second-order valence-electron chi connectivity index (χ2n) is 1.42. The predicted molar refractivity (Wildman–Crippen MR) is 38.0 cm³/mol. The molecule has 0 aromatic carbocycles. The minimum absolute atomic E-state index is 0.167. The van der Waals surface area contributed by atoms with Crippen LogP contribution in [-0.4, -0.2) is 31.2 Å². The first kappa shape index (κ1) is 7.23. The van der Waals surface area contributed by atoms with Gasteiger partial charge in [-0.2, -0.15) is 4.98 Å². The van der Waals surface area contributed by atoms with E-state index in [1.807, 2.05) is 0 Å². The first-order valence-electron chi connectivity index (χ1n) is 2.22. The van der Waals surface area contributed by atoms with E-state index in [9.17, 15) is 0 Å². The molecule has 0 bridgehead atoms. The van der Waals surface area contributed by atoms with Crippen molar-refractivity contribution in [1.29, 1.82) is 0 Å². The van der Waals surface area contributed by atoms with E-state index in [0.717, 1.165) is 16.3 Å². The normalized spacial score (nSPS) is 9.56. The van der Waals surface area contributed by atoms with Gasteiger partial charge >= 0.3 is 16.3 Å². The molecule has 6 heteroatoms. The molecule has 1 aromatic rings. The molecular formula is C3H2AlCl2N3. The fraction of sp³-hybridized carbons (Fsp3) is 0. The van der Waals surface area contributed by atoms with E-state index in [4.69, 9.17) is 23.2 Å². The maximum Gasteiger partial charge on any atom is 0.322 e. The van der Waals surface area contributed by atoms with Crippen LogP contribution < -0.4 is 4.69 Å². The summed E-state index contributed by atoms with van der Waals surface area (Å²) in [6.45, 7) is 0. The summed E-state index contributed by atoms with van der Waals surface area (Å²) in [5, 5.41) is 0.333. The quantitative estimate of drug-likeness (QED) is 0.499. The molecule has 3 nitrogen and oxygen atoms in total. The molecular weight excluding hydrogens is 176 g/mol. The molecule has 0 unspecified atom stereocenters. The molecule has 1 heterocycles. The van der Waals surface area contributed by atoms with Crippen molar-refractivity contribution in [1.82, 2.24) is 15.0 Å². The average molecular weight is 178 g/mol. The fourth-order valence-corrected chi connectivity index (χ4v) is 1.57. The molecule has 0 aliphatic carbocycles. The largest absolute Gasteiger partial charge is 0.322 e. The van der Waals surface area contributed by atoms with Gasteiger partial charge in [0.2, 0.25) is 10.6 Å². The zero-order valence-electron chi connectivity index (χ0n) is 4.60. The van der Waals surface area contributed by atoms with E-state index >= 15 is 0 Å². The monoisotopic (exact) mass is 177 g/mol. The maximum atomic E-state index is 5.43. The van der Waals surface area contributed by atoms with Crippen molar-refractivity contribution in [2.24, 2.45) is 0 Å². The Kier molecular flexibility index (Phi) is 2.25. The van der Waals surface area contributed by atoms with Gasteiger partial charge in [-0.3, -0.25) is 0 Å². The summed E-state index contributed by atoms with van der Waals surface area (Å²) in [5.74, 6) is 0. The molecule has 0 saturated carbocycles. The Balaban J connectivity index is 3.17. The van der Waals surface area contributed by atoms with Crippen LogP contribution >= 0.6 is 23.2 Å². The van der Waals surface area contributed by atoms with Crippen LogP contribution in [0, 0.1) is 0 Å². The van der Waals surface area contributed by atoms with Crippen LogP contribution in [-0.2, 0) is 0 Å². The Morgan fingerprint density at radius 3 is 1.78 bits per heavy atom. The van der Waals surface area contributed by atoms with Crippen LogP contribution in [0.15, 0.2) is 0 Å². The number of nitrogens with zero attached hydrogens (tertiary/aromatic N) is 3. The van der Waals surface area contributed by atoms with Crippen molar-refractivity contribution in [3.63, 3.8) is 0 Å². The highest BCUT2D eigenvalue weighted by atomic mass is 35.5. The zero-order chi connectivity index (χ0) is 6.85. The van der Waals surface area contributed by atoms with Crippen molar-refractivity contribution in [2.75, 3.05) is 0 Å². The summed E-state index contributed by atoms with van der Waals surface area (Å²) in [5.41, 5.74) is 0. The van der Waals surface area contributed by atoms with E-state index in [1.165, 1.54) is 0 Å². The molecule has 1 aromatic heterocycles. The number of hydrogen-bond donors (Lipinski definition) is 0. The molecule has 0 N–H and O–H groups in total. The first-order valence-corrected chi connectivity index (χ1v) is 3.98. The Hall–Kier alpha value is 0.122. The molecule has 0 atom stereocenters. The lowest BCUT2D eigenvalue weighted by molar-refractivity contribution is 1.09. The van der Waals surface area contributed by atoms with Crippen molar-refractivity contribution >= 4 is 44.2 Å². The number of halogens is 2. The summed E-state index contributed by atoms with van der Waals surface area (Å²) in [4.78, 5) is 11.1. The molecule has 0 saturated heterocycles. The van der Waals surface area contributed by atoms with Gasteiger partial charge in [0, 0.05) is 4.69 Å². The highest BCUT2D eigenvalue weighted by Crippen LogP contribution is 1.99. The van der Waals surface area contributed by atoms with Gasteiger partial charge in [0.1, 0.15) is 0 Å². The zero-order valence-corrected chi connectivity index (χ0v) is 8.11. The van der Waals surface area contributed by atoms with Crippen LogP contribution in [0.25, 0.3) is 0 Å². The lowest BCUT2D eigenvalue weighted by Crippen LogP contribution is -2.14. The molecule has 0 radical (unpaired) electrons. The Morgan fingerprint density at radius 2 is 1.44 bits per heavy atom.